The van der Waals surface area contributed by atoms with Crippen LogP contribution in [0, 0.1) is 5.92 Å². The fourth-order valence-electron chi connectivity index (χ4n) is 6.21. The average Bonchev–Trinajstić information content (AvgIpc) is 3.27. The molecule has 1 spiro atoms. The fourth-order valence-corrected chi connectivity index (χ4v) is 6.89. The Morgan fingerprint density at radius 3 is 2.41 bits per heavy atom. The van der Waals surface area contributed by atoms with Gasteiger partial charge in [0.1, 0.15) is 27.9 Å². The number of aromatic nitrogens is 2. The van der Waals surface area contributed by atoms with Crippen LogP contribution in [0.15, 0.2) is 55.7 Å². The minimum Gasteiger partial charge on any atom is -0.496 e. The number of hydrogen-bond acceptors (Lipinski definition) is 8. The van der Waals surface area contributed by atoms with E-state index in [1.807, 2.05) is 12.1 Å². The summed E-state index contributed by atoms with van der Waals surface area (Å²) in [6.07, 6.45) is 0.214. The van der Waals surface area contributed by atoms with Gasteiger partial charge in [-0.15, -0.1) is 0 Å². The summed E-state index contributed by atoms with van der Waals surface area (Å²) in [6, 6.07) is 8.71. The number of rotatable bonds is 3. The summed E-state index contributed by atoms with van der Waals surface area (Å²) in [4.78, 5) is 55.6. The van der Waals surface area contributed by atoms with Crippen LogP contribution in [0.4, 0.5) is 5.82 Å². The van der Waals surface area contributed by atoms with E-state index in [1.54, 1.807) is 26.1 Å². The van der Waals surface area contributed by atoms with Crippen molar-refractivity contribution in [1.29, 1.82) is 0 Å². The van der Waals surface area contributed by atoms with Crippen molar-refractivity contribution in [2.45, 2.75) is 24.9 Å². The smallest absolute Gasteiger partial charge is 0.332 e. The summed E-state index contributed by atoms with van der Waals surface area (Å²) >= 11 is 10.1. The fraction of sp³-hybridized carbons (Fsp3) is 0.310. The molecule has 1 aliphatic carbocycles. The minimum absolute atomic E-state index is 0.0126. The van der Waals surface area contributed by atoms with Crippen LogP contribution in [-0.4, -0.2) is 40.5 Å². The third kappa shape index (κ3) is 3.54. The molecule has 6 rings (SSSR count). The van der Waals surface area contributed by atoms with Crippen LogP contribution in [0.25, 0.3) is 0 Å². The lowest BCUT2D eigenvalue weighted by molar-refractivity contribution is -0.130. The van der Waals surface area contributed by atoms with Crippen molar-refractivity contribution in [3.05, 3.63) is 88.6 Å². The molecule has 0 amide bonds. The van der Waals surface area contributed by atoms with E-state index in [4.69, 9.17) is 25.8 Å². The molecule has 212 valence electrons. The van der Waals surface area contributed by atoms with Crippen molar-refractivity contribution >= 4 is 44.9 Å². The molecule has 3 unspecified atom stereocenters. The number of Topliss-reactive ketones (excluding diaryl/α,β-unsaturated/α-hetero) is 2. The molecule has 3 heterocycles. The predicted octanol–water partition coefficient (Wildman–Crippen LogP) is 3.95. The molecule has 2 aliphatic heterocycles. The summed E-state index contributed by atoms with van der Waals surface area (Å²) in [5.74, 6) is -2.01. The third-order valence-electron chi connectivity index (χ3n) is 8.26. The van der Waals surface area contributed by atoms with E-state index in [0.29, 0.717) is 17.1 Å². The maximum atomic E-state index is 14.8. The van der Waals surface area contributed by atoms with E-state index in [9.17, 15) is 19.2 Å². The van der Waals surface area contributed by atoms with Crippen molar-refractivity contribution in [2.75, 3.05) is 19.5 Å². The monoisotopic (exact) mass is 641 g/mol. The summed E-state index contributed by atoms with van der Waals surface area (Å²) in [5, 5.41) is 3.25. The normalized spacial score (nSPS) is 22.6. The zero-order chi connectivity index (χ0) is 29.5. The van der Waals surface area contributed by atoms with Gasteiger partial charge in [0, 0.05) is 47.7 Å². The Morgan fingerprint density at radius 1 is 1.05 bits per heavy atom. The SMILES string of the molecule is COc1cc(OC)c2c(c1Cl)OC1(C(=O)C3=C(CC1C)Nc1c(c(=O)n(C)c(=O)n1C)C3c1cccc(Br)c1)C2=O. The van der Waals surface area contributed by atoms with Gasteiger partial charge in [0.25, 0.3) is 5.56 Å². The second-order valence-corrected chi connectivity index (χ2v) is 11.7. The van der Waals surface area contributed by atoms with Gasteiger partial charge in [-0.25, -0.2) is 4.79 Å². The topological polar surface area (TPSA) is 118 Å². The number of halogens is 2. The number of ketones is 2. The Balaban J connectivity index is 1.62. The Bertz CT molecular complexity index is 1860. The molecule has 3 aliphatic rings. The molecule has 3 aromatic rings. The Morgan fingerprint density at radius 2 is 1.76 bits per heavy atom. The number of benzene rings is 2. The molecule has 1 aromatic heterocycles. The quantitative estimate of drug-likeness (QED) is 0.427. The lowest BCUT2D eigenvalue weighted by atomic mass is 9.66. The van der Waals surface area contributed by atoms with E-state index in [0.717, 1.165) is 9.04 Å². The highest BCUT2D eigenvalue weighted by molar-refractivity contribution is 9.10. The van der Waals surface area contributed by atoms with Crippen molar-refractivity contribution in [1.82, 2.24) is 9.13 Å². The number of nitrogens with zero attached hydrogens (tertiary/aromatic N) is 2. The molecule has 3 atom stereocenters. The predicted molar refractivity (Wildman–Crippen MR) is 155 cm³/mol. The van der Waals surface area contributed by atoms with Crippen LogP contribution in [0.3, 0.4) is 0 Å². The third-order valence-corrected chi connectivity index (χ3v) is 9.11. The molecule has 2 aromatic carbocycles. The first-order valence-corrected chi connectivity index (χ1v) is 13.9. The zero-order valence-electron chi connectivity index (χ0n) is 22.8. The largest absolute Gasteiger partial charge is 0.496 e. The number of anilines is 1. The summed E-state index contributed by atoms with van der Waals surface area (Å²) in [5.41, 5.74) is -1.39. The summed E-state index contributed by atoms with van der Waals surface area (Å²) in [7, 11) is 5.78. The number of nitrogens with one attached hydrogen (secondary N) is 1. The summed E-state index contributed by atoms with van der Waals surface area (Å²) < 4.78 is 20.3. The molecular weight excluding hydrogens is 618 g/mol. The molecule has 1 N–H and O–H groups in total. The minimum atomic E-state index is -1.96. The Labute approximate surface area is 247 Å². The van der Waals surface area contributed by atoms with Gasteiger partial charge in [-0.1, -0.05) is 46.6 Å². The number of carbonyl (C=O) groups excluding carboxylic acids is 2. The standard InChI is InChI=1S/C29H25BrClN3O7/c1-12-9-15-19(24(35)29(12)25(36)20-16(39-4)11-17(40-5)22(31)23(20)41-29)18(13-7-6-8-14(30)10-13)21-26(32-15)33(2)28(38)34(3)27(21)37/h6-8,10-12,18,32H,9H2,1-5H3. The Hall–Kier alpha value is -3.83. The molecule has 41 heavy (non-hydrogen) atoms. The van der Waals surface area contributed by atoms with Crippen LogP contribution in [0.2, 0.25) is 5.02 Å². The Kier molecular flexibility index (Phi) is 6.24. The highest BCUT2D eigenvalue weighted by Crippen LogP contribution is 2.56. The number of ether oxygens (including phenoxy) is 3. The number of allylic oxidation sites excluding steroid dienone is 1. The molecular formula is C29H25BrClN3O7. The average molecular weight is 643 g/mol. The van der Waals surface area contributed by atoms with Crippen molar-refractivity contribution in [3.8, 4) is 17.2 Å². The first-order chi connectivity index (χ1) is 19.5. The molecule has 0 bridgehead atoms. The van der Waals surface area contributed by atoms with Gasteiger partial charge in [0.2, 0.25) is 17.2 Å². The first kappa shape index (κ1) is 27.3. The number of methoxy groups -OCH3 is 2. The second-order valence-electron chi connectivity index (χ2n) is 10.4. The van der Waals surface area contributed by atoms with Crippen molar-refractivity contribution in [2.24, 2.45) is 20.0 Å². The maximum Gasteiger partial charge on any atom is 0.332 e. The molecule has 10 nitrogen and oxygen atoms in total. The van der Waals surface area contributed by atoms with Gasteiger partial charge >= 0.3 is 5.69 Å². The molecule has 0 saturated carbocycles. The second kappa shape index (κ2) is 9.35. The lowest BCUT2D eigenvalue weighted by Crippen LogP contribution is -2.58. The molecule has 0 radical (unpaired) electrons. The van der Waals surface area contributed by atoms with E-state index in [2.05, 4.69) is 21.2 Å². The molecule has 0 fully saturated rings. The van der Waals surface area contributed by atoms with E-state index in [-0.39, 0.29) is 45.4 Å². The van der Waals surface area contributed by atoms with Crippen LogP contribution in [0.1, 0.15) is 40.7 Å². The number of hydrogen-bond donors (Lipinski definition) is 1. The van der Waals surface area contributed by atoms with Crippen LogP contribution >= 0.6 is 27.5 Å². The highest BCUT2D eigenvalue weighted by atomic mass is 79.9. The maximum absolute atomic E-state index is 14.8. The highest BCUT2D eigenvalue weighted by Gasteiger charge is 2.63. The summed E-state index contributed by atoms with van der Waals surface area (Å²) in [6.45, 7) is 1.75. The van der Waals surface area contributed by atoms with Crippen molar-refractivity contribution < 1.29 is 23.8 Å². The first-order valence-electron chi connectivity index (χ1n) is 12.8. The van der Waals surface area contributed by atoms with Gasteiger partial charge in [0.05, 0.1) is 19.8 Å². The lowest BCUT2D eigenvalue weighted by Gasteiger charge is -2.42. The van der Waals surface area contributed by atoms with E-state index in [1.165, 1.54) is 31.9 Å². The van der Waals surface area contributed by atoms with Gasteiger partial charge < -0.3 is 19.5 Å². The van der Waals surface area contributed by atoms with Crippen molar-refractivity contribution in [3.63, 3.8) is 0 Å². The van der Waals surface area contributed by atoms with Gasteiger partial charge in [-0.2, -0.15) is 0 Å². The van der Waals surface area contributed by atoms with E-state index >= 15 is 0 Å². The van der Waals surface area contributed by atoms with Crippen LogP contribution in [0.5, 0.6) is 17.2 Å². The van der Waals surface area contributed by atoms with Crippen LogP contribution in [-0.2, 0) is 18.9 Å². The van der Waals surface area contributed by atoms with Gasteiger partial charge in [-0.3, -0.25) is 23.5 Å². The molecule has 12 heteroatoms. The zero-order valence-corrected chi connectivity index (χ0v) is 25.1. The van der Waals surface area contributed by atoms with Crippen LogP contribution < -0.4 is 30.8 Å². The van der Waals surface area contributed by atoms with Gasteiger partial charge in [-0.05, 0) is 24.1 Å². The van der Waals surface area contributed by atoms with E-state index < -0.39 is 40.3 Å². The van der Waals surface area contributed by atoms with Gasteiger partial charge in [0.15, 0.2) is 5.75 Å². The molecule has 0 saturated heterocycles. The number of fused-ring (bicyclic) bond motifs is 2. The number of carbonyl (C=O) groups is 2.